The van der Waals surface area contributed by atoms with Crippen LogP contribution in [0.25, 0.3) is 0 Å². The number of hydrogen-bond acceptors (Lipinski definition) is 4. The molecule has 0 radical (unpaired) electrons. The fourth-order valence-electron chi connectivity index (χ4n) is 4.08. The number of carbonyl (C=O) groups is 1. The summed E-state index contributed by atoms with van der Waals surface area (Å²) in [6.45, 7) is 2.04. The van der Waals surface area contributed by atoms with Crippen molar-refractivity contribution >= 4 is 11.7 Å². The number of rotatable bonds is 4. The van der Waals surface area contributed by atoms with Gasteiger partial charge in [-0.15, -0.1) is 0 Å². The number of anilines is 1. The maximum atomic E-state index is 12.9. The molecule has 1 amide bonds. The van der Waals surface area contributed by atoms with Crippen LogP contribution in [-0.4, -0.2) is 59.0 Å². The average Bonchev–Trinajstić information content (AvgIpc) is 3.08. The number of amides is 1. The Morgan fingerprint density at radius 1 is 1.13 bits per heavy atom. The van der Waals surface area contributed by atoms with E-state index in [2.05, 4.69) is 27.1 Å². The highest BCUT2D eigenvalue weighted by atomic mass is 16.2. The highest BCUT2D eigenvalue weighted by Crippen LogP contribution is 2.30. The number of likely N-dealkylation sites (tertiary alicyclic amines) is 2. The van der Waals surface area contributed by atoms with Crippen molar-refractivity contribution in [1.29, 1.82) is 0 Å². The van der Waals surface area contributed by atoms with Crippen LogP contribution in [-0.2, 0) is 0 Å². The summed E-state index contributed by atoms with van der Waals surface area (Å²) in [5.74, 6) is 1.04. The smallest absolute Gasteiger partial charge is 0.255 e. The molecule has 1 aromatic rings. The van der Waals surface area contributed by atoms with E-state index in [-0.39, 0.29) is 5.91 Å². The molecule has 3 fully saturated rings. The van der Waals surface area contributed by atoms with Gasteiger partial charge in [0.25, 0.3) is 5.91 Å². The quantitative estimate of drug-likeness (QED) is 0.927. The molecule has 2 atom stereocenters. The van der Waals surface area contributed by atoms with Crippen molar-refractivity contribution < 1.29 is 4.79 Å². The SMILES string of the molecule is CN1CCC[C@@H]1[C@H]1CCCN1C(=O)c1ccc(NC2CC2)nc1. The van der Waals surface area contributed by atoms with Crippen molar-refractivity contribution in [1.82, 2.24) is 14.8 Å². The van der Waals surface area contributed by atoms with E-state index < -0.39 is 0 Å². The van der Waals surface area contributed by atoms with E-state index in [1.165, 1.54) is 25.7 Å². The van der Waals surface area contributed by atoms with Crippen LogP contribution in [0, 0.1) is 0 Å². The maximum absolute atomic E-state index is 12.9. The predicted molar refractivity (Wildman–Crippen MR) is 90.6 cm³/mol. The molecule has 1 aromatic heterocycles. The third kappa shape index (κ3) is 3.07. The van der Waals surface area contributed by atoms with Gasteiger partial charge in [0.2, 0.25) is 0 Å². The first-order valence-electron chi connectivity index (χ1n) is 8.96. The van der Waals surface area contributed by atoms with Crippen LogP contribution >= 0.6 is 0 Å². The van der Waals surface area contributed by atoms with Crippen molar-refractivity contribution in [2.24, 2.45) is 0 Å². The number of hydrogen-bond donors (Lipinski definition) is 1. The standard InChI is InChI=1S/C18H26N4O/c1-21-10-2-4-15(21)16-5-3-11-22(16)18(23)13-6-9-17(19-12-13)20-14-7-8-14/h6,9,12,14-16H,2-5,7-8,10-11H2,1H3,(H,19,20)/t15-,16-/m1/s1. The summed E-state index contributed by atoms with van der Waals surface area (Å²) in [5, 5.41) is 3.37. The predicted octanol–water partition coefficient (Wildman–Crippen LogP) is 2.35. The molecule has 1 N–H and O–H groups in total. The lowest BCUT2D eigenvalue weighted by Gasteiger charge is -2.33. The van der Waals surface area contributed by atoms with Crippen molar-refractivity contribution in [3.8, 4) is 0 Å². The minimum atomic E-state index is 0.151. The van der Waals surface area contributed by atoms with Gasteiger partial charge in [0, 0.05) is 30.9 Å². The second-order valence-corrected chi connectivity index (χ2v) is 7.25. The molecule has 124 valence electrons. The molecule has 1 saturated carbocycles. The van der Waals surface area contributed by atoms with E-state index >= 15 is 0 Å². The molecule has 0 aromatic carbocycles. The number of carbonyl (C=O) groups excluding carboxylic acids is 1. The number of nitrogens with zero attached hydrogens (tertiary/aromatic N) is 3. The van der Waals surface area contributed by atoms with Gasteiger partial charge in [0.15, 0.2) is 0 Å². The molecule has 3 aliphatic rings. The summed E-state index contributed by atoms with van der Waals surface area (Å²) >= 11 is 0. The number of pyridine rings is 1. The van der Waals surface area contributed by atoms with Crippen molar-refractivity contribution in [2.75, 3.05) is 25.5 Å². The van der Waals surface area contributed by atoms with Gasteiger partial charge in [-0.2, -0.15) is 0 Å². The molecule has 2 aliphatic heterocycles. The van der Waals surface area contributed by atoms with Gasteiger partial charge in [0.05, 0.1) is 5.56 Å². The van der Waals surface area contributed by atoms with Gasteiger partial charge in [-0.1, -0.05) is 0 Å². The zero-order valence-electron chi connectivity index (χ0n) is 13.9. The summed E-state index contributed by atoms with van der Waals surface area (Å²) in [7, 11) is 2.19. The first-order valence-corrected chi connectivity index (χ1v) is 8.96. The van der Waals surface area contributed by atoms with Crippen LogP contribution in [0.15, 0.2) is 18.3 Å². The minimum absolute atomic E-state index is 0.151. The van der Waals surface area contributed by atoms with Crippen LogP contribution in [0.2, 0.25) is 0 Å². The largest absolute Gasteiger partial charge is 0.367 e. The molecule has 5 heteroatoms. The average molecular weight is 314 g/mol. The van der Waals surface area contributed by atoms with Crippen LogP contribution < -0.4 is 5.32 Å². The van der Waals surface area contributed by atoms with Crippen LogP contribution in [0.4, 0.5) is 5.82 Å². The molecule has 0 spiro atoms. The van der Waals surface area contributed by atoms with Gasteiger partial charge in [-0.3, -0.25) is 4.79 Å². The van der Waals surface area contributed by atoms with Crippen molar-refractivity contribution in [3.05, 3.63) is 23.9 Å². The summed E-state index contributed by atoms with van der Waals surface area (Å²) < 4.78 is 0. The summed E-state index contributed by atoms with van der Waals surface area (Å²) in [6, 6.07) is 5.36. The first kappa shape index (κ1) is 14.9. The van der Waals surface area contributed by atoms with Crippen LogP contribution in [0.1, 0.15) is 48.9 Å². The van der Waals surface area contributed by atoms with Crippen LogP contribution in [0.3, 0.4) is 0 Å². The second-order valence-electron chi connectivity index (χ2n) is 7.25. The summed E-state index contributed by atoms with van der Waals surface area (Å²) in [4.78, 5) is 21.9. The topological polar surface area (TPSA) is 48.5 Å². The van der Waals surface area contributed by atoms with Gasteiger partial charge in [0.1, 0.15) is 5.82 Å². The highest BCUT2D eigenvalue weighted by molar-refractivity contribution is 5.94. The summed E-state index contributed by atoms with van der Waals surface area (Å²) in [5.41, 5.74) is 0.721. The number of nitrogens with one attached hydrogen (secondary N) is 1. The molecule has 4 rings (SSSR count). The Hall–Kier alpha value is -1.62. The number of aromatic nitrogens is 1. The molecule has 2 saturated heterocycles. The third-order valence-electron chi connectivity index (χ3n) is 5.52. The lowest BCUT2D eigenvalue weighted by atomic mass is 10.0. The van der Waals surface area contributed by atoms with Gasteiger partial charge in [-0.05, 0) is 64.3 Å². The van der Waals surface area contributed by atoms with Crippen LogP contribution in [0.5, 0.6) is 0 Å². The van der Waals surface area contributed by atoms with E-state index in [1.54, 1.807) is 6.20 Å². The molecule has 5 nitrogen and oxygen atoms in total. The zero-order valence-corrected chi connectivity index (χ0v) is 13.9. The Morgan fingerprint density at radius 2 is 1.91 bits per heavy atom. The molecule has 0 unspecified atom stereocenters. The van der Waals surface area contributed by atoms with Gasteiger partial charge < -0.3 is 15.1 Å². The van der Waals surface area contributed by atoms with E-state index in [9.17, 15) is 4.79 Å². The van der Waals surface area contributed by atoms with Gasteiger partial charge in [-0.25, -0.2) is 4.98 Å². The minimum Gasteiger partial charge on any atom is -0.367 e. The second kappa shape index (κ2) is 6.11. The number of likely N-dealkylation sites (N-methyl/N-ethyl adjacent to an activating group) is 1. The summed E-state index contributed by atoms with van der Waals surface area (Å²) in [6.07, 6.45) is 8.92. The molecule has 23 heavy (non-hydrogen) atoms. The molecule has 0 bridgehead atoms. The van der Waals surface area contributed by atoms with Gasteiger partial charge >= 0.3 is 0 Å². The monoisotopic (exact) mass is 314 g/mol. The van der Waals surface area contributed by atoms with E-state index in [0.29, 0.717) is 18.1 Å². The fraction of sp³-hybridized carbons (Fsp3) is 0.667. The van der Waals surface area contributed by atoms with E-state index in [0.717, 1.165) is 37.3 Å². The zero-order chi connectivity index (χ0) is 15.8. The molecule has 3 heterocycles. The maximum Gasteiger partial charge on any atom is 0.255 e. The lowest BCUT2D eigenvalue weighted by Crippen LogP contribution is -2.47. The highest BCUT2D eigenvalue weighted by Gasteiger charge is 2.38. The fourth-order valence-corrected chi connectivity index (χ4v) is 4.08. The van der Waals surface area contributed by atoms with Crippen molar-refractivity contribution in [2.45, 2.75) is 56.7 Å². The first-order chi connectivity index (χ1) is 11.2. The lowest BCUT2D eigenvalue weighted by molar-refractivity contribution is 0.0664. The normalized spacial score (nSPS) is 28.3. The Balaban J connectivity index is 1.46. The molecular formula is C18H26N4O. The Bertz CT molecular complexity index is 569. The Morgan fingerprint density at radius 3 is 2.57 bits per heavy atom. The Kier molecular flexibility index (Phi) is 3.97. The molecule has 1 aliphatic carbocycles. The molecular weight excluding hydrogens is 288 g/mol. The van der Waals surface area contributed by atoms with E-state index in [4.69, 9.17) is 0 Å². The Labute approximate surface area is 138 Å². The van der Waals surface area contributed by atoms with Crippen molar-refractivity contribution in [3.63, 3.8) is 0 Å². The third-order valence-corrected chi connectivity index (χ3v) is 5.52. The van der Waals surface area contributed by atoms with E-state index in [1.807, 2.05) is 12.1 Å².